The zero-order chi connectivity index (χ0) is 50.7. The van der Waals surface area contributed by atoms with Gasteiger partial charge in [-0.2, -0.15) is 12.1 Å². The first-order valence-electron chi connectivity index (χ1n) is 26.1. The van der Waals surface area contributed by atoms with E-state index in [1.54, 1.807) is 43.3 Å². The van der Waals surface area contributed by atoms with Gasteiger partial charge in [0.1, 0.15) is 40.3 Å². The Hall–Kier alpha value is -2.73. The third kappa shape index (κ3) is 47.0. The second kappa shape index (κ2) is 65.1. The minimum absolute atomic E-state index is 0. The summed E-state index contributed by atoms with van der Waals surface area (Å²) < 4.78 is 47.4. The predicted molar refractivity (Wildman–Crippen MR) is 314 cm³/mol. The van der Waals surface area contributed by atoms with Crippen molar-refractivity contribution < 1.29 is 116 Å². The number of hydrogen-bond donors (Lipinski definition) is 0. The van der Waals surface area contributed by atoms with E-state index < -0.39 is 0 Å². The van der Waals surface area contributed by atoms with Crippen molar-refractivity contribution in [3.05, 3.63) is 183 Å². The van der Waals surface area contributed by atoms with E-state index in [0.717, 1.165) is 97.4 Å². The summed E-state index contributed by atoms with van der Waals surface area (Å²) in [7, 11) is 0. The summed E-state index contributed by atoms with van der Waals surface area (Å²) in [5.74, 6) is 8.26. The molecule has 7 aromatic rings. The molecule has 426 valence electrons. The maximum atomic E-state index is 5.96. The molecule has 0 aliphatic carbocycles. The average Bonchev–Trinajstić information content (AvgIpc) is 4.24. The van der Waals surface area contributed by atoms with Crippen molar-refractivity contribution in [2.75, 3.05) is 0 Å². The van der Waals surface area contributed by atoms with Crippen molar-refractivity contribution in [3.63, 3.8) is 0 Å². The van der Waals surface area contributed by atoms with Gasteiger partial charge in [-0.1, -0.05) is 137 Å². The zero-order valence-corrected chi connectivity index (χ0v) is 50.7. The monoisotopic (exact) mass is 1060 g/mol. The van der Waals surface area contributed by atoms with Gasteiger partial charge < -0.3 is 55.2 Å². The molecule has 9 rings (SSSR count). The minimum atomic E-state index is 0. The van der Waals surface area contributed by atoms with Crippen LogP contribution in [-0.2, 0) is 54.4 Å². The van der Waals surface area contributed by atoms with Crippen LogP contribution in [0.25, 0.3) is 0 Å². The van der Waals surface area contributed by atoms with Gasteiger partial charge in [0, 0.05) is 32.1 Å². The number of hydrogen-bond acceptors (Lipinski definition) is 9. The second-order valence-electron chi connectivity index (χ2n) is 16.4. The molecular formula is C65H108Li4O9. The van der Waals surface area contributed by atoms with Gasteiger partial charge in [0.05, 0.1) is 49.6 Å². The number of rotatable bonds is 12. The Balaban J connectivity index is -0.000000101. The van der Waals surface area contributed by atoms with Crippen molar-refractivity contribution in [1.29, 1.82) is 0 Å². The smallest absolute Gasteiger partial charge is 0.599 e. The topological polar surface area (TPSA) is 110 Å². The molecule has 2 saturated heterocycles. The van der Waals surface area contributed by atoms with Crippen molar-refractivity contribution >= 4 is 0 Å². The Morgan fingerprint density at radius 2 is 0.782 bits per heavy atom. The molecule has 0 saturated carbocycles. The SMILES string of the molecule is C.C.C.CCC.CCC.CCC1CCC(CC2CCC(CC)O2)O1.CCc1cc[c-]o1.CCc1ccc(CC)o1.CCc1ccc(Cc2ccc(CC)o2)o1.CCc1ccco1.[CH3-].[CH3-].[Li+].[Li+].[Li+].[Li+].[c-]1ccco1.c1ccoc1. The van der Waals surface area contributed by atoms with E-state index in [-0.39, 0.29) is 113 Å². The summed E-state index contributed by atoms with van der Waals surface area (Å²) >= 11 is 0. The van der Waals surface area contributed by atoms with Crippen LogP contribution in [-0.4, -0.2) is 24.4 Å². The van der Waals surface area contributed by atoms with E-state index >= 15 is 0 Å². The number of aryl methyl sites for hydroxylation is 6. The molecule has 9 heterocycles. The molecule has 2 aliphatic heterocycles. The van der Waals surface area contributed by atoms with Crippen LogP contribution in [0.4, 0.5) is 0 Å². The van der Waals surface area contributed by atoms with Crippen LogP contribution in [0.15, 0.2) is 141 Å². The average molecular weight is 1060 g/mol. The first-order chi connectivity index (χ1) is 33.7. The molecular weight excluding hydrogens is 952 g/mol. The summed E-state index contributed by atoms with van der Waals surface area (Å²) in [4.78, 5) is 0. The first-order valence-corrected chi connectivity index (χ1v) is 26.1. The van der Waals surface area contributed by atoms with Gasteiger partial charge in [-0.05, 0) is 118 Å². The Morgan fingerprint density at radius 3 is 1.00 bits per heavy atom. The van der Waals surface area contributed by atoms with E-state index in [1.165, 1.54) is 51.4 Å². The normalized spacial score (nSPS) is 14.3. The Kier molecular flexibility index (Phi) is 78.9. The molecule has 78 heavy (non-hydrogen) atoms. The van der Waals surface area contributed by atoms with Crippen molar-refractivity contribution in [2.45, 2.75) is 233 Å². The second-order valence-corrected chi connectivity index (χ2v) is 16.4. The largest absolute Gasteiger partial charge is 1.00 e. The summed E-state index contributed by atoms with van der Waals surface area (Å²) in [6.07, 6.45) is 31.2. The molecule has 0 radical (unpaired) electrons. The summed E-state index contributed by atoms with van der Waals surface area (Å²) in [6, 6.07) is 26.9. The predicted octanol–water partition coefficient (Wildman–Crippen LogP) is 8.79. The number of ether oxygens (including phenoxy) is 2. The number of furan rings is 7. The van der Waals surface area contributed by atoms with Gasteiger partial charge in [0.15, 0.2) is 0 Å². The zero-order valence-electron chi connectivity index (χ0n) is 50.7. The molecule has 0 spiro atoms. The molecule has 2 fully saturated rings. The molecule has 0 N–H and O–H groups in total. The van der Waals surface area contributed by atoms with Crippen LogP contribution in [0.5, 0.6) is 0 Å². The van der Waals surface area contributed by atoms with E-state index in [1.807, 2.05) is 73.7 Å². The van der Waals surface area contributed by atoms with Crippen LogP contribution in [0.3, 0.4) is 0 Å². The fourth-order valence-corrected chi connectivity index (χ4v) is 6.59. The van der Waals surface area contributed by atoms with Crippen LogP contribution in [0.2, 0.25) is 0 Å². The molecule has 0 amide bonds. The standard InChI is InChI=1S/C13H24O2.C13H16O2.C8H12O.C6H8O.C6H7O.C4H4O.C4H3O.2C3H8.3CH4.2CH3.4Li/c2*1-3-10-5-7-12(14-10)9-13-8-6-11(4-2)15-13;1-3-7-5-6-8(4-2)9-7;2*1-2-6-4-3-5-7-6;2*1-2-4-5-3-1;2*1-3-2;;;;;;;;;/h10-13H,3-9H2,1-2H3;5-8H,3-4,9H2,1-2H3;5-6H,3-4H2,1-2H3;3-5H,2H2,1H3;3-4H,2H2,1H3;1-4H;1-3H;2*3H2,1-2H3;3*1H4;2*1H3;;;;/q;;;;-1;;-1;;;;;;2*-1;4*+1. The van der Waals surface area contributed by atoms with E-state index in [0.29, 0.717) is 24.4 Å². The van der Waals surface area contributed by atoms with Gasteiger partial charge in [-0.25, -0.2) is 0 Å². The molecule has 9 nitrogen and oxygen atoms in total. The molecule has 0 bridgehead atoms. The molecule has 2 aliphatic rings. The molecule has 7 aromatic heterocycles. The Morgan fingerprint density at radius 1 is 0.397 bits per heavy atom. The fraction of sp³-hybridized carbons (Fsp3) is 0.538. The summed E-state index contributed by atoms with van der Waals surface area (Å²) in [5, 5.41) is 0. The summed E-state index contributed by atoms with van der Waals surface area (Å²) in [6.45, 7) is 25.4. The van der Waals surface area contributed by atoms with Crippen LogP contribution >= 0.6 is 0 Å². The van der Waals surface area contributed by atoms with Crippen molar-refractivity contribution in [2.24, 2.45) is 0 Å². The summed E-state index contributed by atoms with van der Waals surface area (Å²) in [5.41, 5.74) is 0. The molecule has 4 unspecified atom stereocenters. The Bertz CT molecular complexity index is 1840. The van der Waals surface area contributed by atoms with E-state index in [4.69, 9.17) is 31.6 Å². The maximum absolute atomic E-state index is 5.96. The van der Waals surface area contributed by atoms with Gasteiger partial charge in [0.2, 0.25) is 0 Å². The van der Waals surface area contributed by atoms with E-state index in [9.17, 15) is 0 Å². The third-order valence-corrected chi connectivity index (χ3v) is 10.3. The van der Waals surface area contributed by atoms with Crippen LogP contribution in [0.1, 0.15) is 209 Å². The molecule has 4 atom stereocenters. The van der Waals surface area contributed by atoms with Crippen molar-refractivity contribution in [3.8, 4) is 0 Å². The fourth-order valence-electron chi connectivity index (χ4n) is 6.59. The Labute approximate surface area is 527 Å². The van der Waals surface area contributed by atoms with Gasteiger partial charge in [-0.3, -0.25) is 0 Å². The van der Waals surface area contributed by atoms with Crippen molar-refractivity contribution in [1.82, 2.24) is 0 Å². The molecule has 0 aromatic carbocycles. The van der Waals surface area contributed by atoms with Gasteiger partial charge >= 0.3 is 75.4 Å². The third-order valence-electron chi connectivity index (χ3n) is 10.3. The quantitative estimate of drug-likeness (QED) is 0.0877. The van der Waals surface area contributed by atoms with Crippen LogP contribution in [0, 0.1) is 27.4 Å². The van der Waals surface area contributed by atoms with E-state index in [2.05, 4.69) is 97.5 Å². The first kappa shape index (κ1) is 94.5. The maximum Gasteiger partial charge on any atom is 1.00 e. The van der Waals surface area contributed by atoms with Gasteiger partial charge in [0.25, 0.3) is 0 Å². The van der Waals surface area contributed by atoms with Crippen LogP contribution < -0.4 is 75.4 Å². The molecule has 13 heteroatoms. The minimum Gasteiger partial charge on any atom is -0.599 e. The van der Waals surface area contributed by atoms with Gasteiger partial charge in [-0.15, -0.1) is 12.1 Å².